The lowest BCUT2D eigenvalue weighted by Gasteiger charge is -2.24. The highest BCUT2D eigenvalue weighted by atomic mass is 16.2. The smallest absolute Gasteiger partial charge is 0.227 e. The molecule has 12 heavy (non-hydrogen) atoms. The third-order valence-corrected chi connectivity index (χ3v) is 2.29. The molecule has 0 atom stereocenters. The Hall–Kier alpha value is -1.31. The fourth-order valence-electron chi connectivity index (χ4n) is 1.53. The van der Waals surface area contributed by atoms with Crippen molar-refractivity contribution in [3.63, 3.8) is 0 Å². The van der Waals surface area contributed by atoms with Gasteiger partial charge in [0, 0.05) is 13.6 Å². The molecule has 0 fully saturated rings. The van der Waals surface area contributed by atoms with Gasteiger partial charge in [-0.3, -0.25) is 4.79 Å². The Morgan fingerprint density at radius 1 is 1.25 bits per heavy atom. The minimum atomic E-state index is 0.216. The summed E-state index contributed by atoms with van der Waals surface area (Å²) in [6.07, 6.45) is 0.562. The van der Waals surface area contributed by atoms with E-state index in [2.05, 4.69) is 6.07 Å². The summed E-state index contributed by atoms with van der Waals surface area (Å²) < 4.78 is 0. The normalized spacial score (nSPS) is 16.1. The summed E-state index contributed by atoms with van der Waals surface area (Å²) in [4.78, 5) is 13.0. The molecule has 2 rings (SSSR count). The SMILES string of the molecule is CN1Cc2ccccc2CC1=O. The number of nitrogens with zero attached hydrogens (tertiary/aromatic N) is 1. The van der Waals surface area contributed by atoms with Crippen LogP contribution < -0.4 is 0 Å². The van der Waals surface area contributed by atoms with Crippen molar-refractivity contribution in [2.45, 2.75) is 13.0 Å². The van der Waals surface area contributed by atoms with Gasteiger partial charge in [-0.05, 0) is 11.1 Å². The number of benzene rings is 1. The molecule has 0 N–H and O–H groups in total. The number of carbonyl (C=O) groups is 1. The Balaban J connectivity index is 2.40. The molecular weight excluding hydrogens is 150 g/mol. The summed E-state index contributed by atoms with van der Waals surface area (Å²) in [6.45, 7) is 0.759. The molecule has 1 aromatic rings. The number of fused-ring (bicyclic) bond motifs is 1. The molecule has 2 nitrogen and oxygen atoms in total. The van der Waals surface area contributed by atoms with Crippen molar-refractivity contribution in [3.8, 4) is 0 Å². The highest BCUT2D eigenvalue weighted by Gasteiger charge is 2.18. The van der Waals surface area contributed by atoms with Crippen LogP contribution in [0, 0.1) is 0 Å². The first-order chi connectivity index (χ1) is 5.77. The minimum absolute atomic E-state index is 0.216. The lowest BCUT2D eigenvalue weighted by molar-refractivity contribution is -0.130. The molecule has 0 radical (unpaired) electrons. The van der Waals surface area contributed by atoms with Gasteiger partial charge < -0.3 is 4.90 Å². The molecule has 0 unspecified atom stereocenters. The second-order valence-corrected chi connectivity index (χ2v) is 3.20. The van der Waals surface area contributed by atoms with Gasteiger partial charge in [0.15, 0.2) is 0 Å². The maximum atomic E-state index is 11.3. The summed E-state index contributed by atoms with van der Waals surface area (Å²) in [7, 11) is 1.85. The fraction of sp³-hybridized carbons (Fsp3) is 0.300. The van der Waals surface area contributed by atoms with Gasteiger partial charge in [-0.1, -0.05) is 24.3 Å². The van der Waals surface area contributed by atoms with E-state index in [-0.39, 0.29) is 5.91 Å². The summed E-state index contributed by atoms with van der Waals surface area (Å²) in [5, 5.41) is 0. The summed E-state index contributed by atoms with van der Waals surface area (Å²) in [5.74, 6) is 0.216. The molecule has 62 valence electrons. The first kappa shape index (κ1) is 7.35. The highest BCUT2D eigenvalue weighted by molar-refractivity contribution is 5.80. The molecule has 0 saturated heterocycles. The van der Waals surface area contributed by atoms with Gasteiger partial charge in [0.25, 0.3) is 0 Å². The van der Waals surface area contributed by atoms with Gasteiger partial charge in [0.1, 0.15) is 0 Å². The summed E-state index contributed by atoms with van der Waals surface area (Å²) >= 11 is 0. The maximum absolute atomic E-state index is 11.3. The van der Waals surface area contributed by atoms with Crippen molar-refractivity contribution in [1.82, 2.24) is 4.90 Å². The van der Waals surface area contributed by atoms with Crippen LogP contribution >= 0.6 is 0 Å². The van der Waals surface area contributed by atoms with Crippen molar-refractivity contribution < 1.29 is 4.79 Å². The first-order valence-electron chi connectivity index (χ1n) is 4.08. The van der Waals surface area contributed by atoms with Gasteiger partial charge >= 0.3 is 0 Å². The molecule has 0 spiro atoms. The minimum Gasteiger partial charge on any atom is -0.341 e. The van der Waals surface area contributed by atoms with Crippen LogP contribution in [0.1, 0.15) is 11.1 Å². The molecular formula is C10H11NO. The molecule has 0 aliphatic carbocycles. The van der Waals surface area contributed by atoms with Crippen LogP contribution in [0.3, 0.4) is 0 Å². The monoisotopic (exact) mass is 161 g/mol. The topological polar surface area (TPSA) is 20.3 Å². The van der Waals surface area contributed by atoms with E-state index < -0.39 is 0 Å². The molecule has 1 aromatic carbocycles. The molecule has 0 aromatic heterocycles. The van der Waals surface area contributed by atoms with E-state index in [1.165, 1.54) is 11.1 Å². The van der Waals surface area contributed by atoms with E-state index in [0.29, 0.717) is 6.42 Å². The Kier molecular flexibility index (Phi) is 1.61. The number of rotatable bonds is 0. The van der Waals surface area contributed by atoms with E-state index in [4.69, 9.17) is 0 Å². The predicted octanol–water partition coefficient (Wildman–Crippen LogP) is 1.20. The Bertz CT molecular complexity index is 319. The number of likely N-dealkylation sites (N-methyl/N-ethyl adjacent to an activating group) is 1. The highest BCUT2D eigenvalue weighted by Crippen LogP contribution is 2.17. The molecule has 1 heterocycles. The summed E-state index contributed by atoms with van der Waals surface area (Å²) in [5.41, 5.74) is 2.46. The van der Waals surface area contributed by atoms with Gasteiger partial charge in [-0.15, -0.1) is 0 Å². The van der Waals surface area contributed by atoms with E-state index in [9.17, 15) is 4.79 Å². The van der Waals surface area contributed by atoms with Crippen LogP contribution in [0.2, 0.25) is 0 Å². The van der Waals surface area contributed by atoms with E-state index in [0.717, 1.165) is 6.54 Å². The third-order valence-electron chi connectivity index (χ3n) is 2.29. The van der Waals surface area contributed by atoms with Crippen molar-refractivity contribution >= 4 is 5.91 Å². The maximum Gasteiger partial charge on any atom is 0.227 e. The zero-order chi connectivity index (χ0) is 8.55. The predicted molar refractivity (Wildman–Crippen MR) is 46.6 cm³/mol. The van der Waals surface area contributed by atoms with Crippen molar-refractivity contribution in [2.75, 3.05) is 7.05 Å². The largest absolute Gasteiger partial charge is 0.341 e. The number of carbonyl (C=O) groups excluding carboxylic acids is 1. The van der Waals surface area contributed by atoms with Crippen LogP contribution in [0.5, 0.6) is 0 Å². The lowest BCUT2D eigenvalue weighted by Crippen LogP contribution is -2.32. The Labute approximate surface area is 71.8 Å². The molecule has 1 amide bonds. The number of hydrogen-bond donors (Lipinski definition) is 0. The van der Waals surface area contributed by atoms with E-state index in [1.54, 1.807) is 4.90 Å². The fourth-order valence-corrected chi connectivity index (χ4v) is 1.53. The van der Waals surface area contributed by atoms with Gasteiger partial charge in [-0.2, -0.15) is 0 Å². The zero-order valence-corrected chi connectivity index (χ0v) is 7.08. The quantitative estimate of drug-likeness (QED) is 0.560. The van der Waals surface area contributed by atoms with E-state index >= 15 is 0 Å². The number of amides is 1. The van der Waals surface area contributed by atoms with Crippen LogP contribution in [0.15, 0.2) is 24.3 Å². The van der Waals surface area contributed by atoms with Gasteiger partial charge in [0.2, 0.25) is 5.91 Å². The van der Waals surface area contributed by atoms with Crippen LogP contribution in [0.25, 0.3) is 0 Å². The van der Waals surface area contributed by atoms with Crippen LogP contribution in [-0.2, 0) is 17.8 Å². The Morgan fingerprint density at radius 2 is 1.92 bits per heavy atom. The van der Waals surface area contributed by atoms with Crippen molar-refractivity contribution in [3.05, 3.63) is 35.4 Å². The second kappa shape index (κ2) is 2.63. The molecule has 0 saturated carbocycles. The molecule has 1 aliphatic heterocycles. The lowest BCUT2D eigenvalue weighted by atomic mass is 10.00. The summed E-state index contributed by atoms with van der Waals surface area (Å²) in [6, 6.07) is 8.11. The molecule has 1 aliphatic rings. The van der Waals surface area contributed by atoms with Crippen molar-refractivity contribution in [1.29, 1.82) is 0 Å². The second-order valence-electron chi connectivity index (χ2n) is 3.20. The molecule has 2 heteroatoms. The van der Waals surface area contributed by atoms with Crippen molar-refractivity contribution in [2.24, 2.45) is 0 Å². The van der Waals surface area contributed by atoms with Gasteiger partial charge in [-0.25, -0.2) is 0 Å². The molecule has 0 bridgehead atoms. The van der Waals surface area contributed by atoms with Gasteiger partial charge in [0.05, 0.1) is 6.42 Å². The standard InChI is InChI=1S/C10H11NO/c1-11-7-9-5-3-2-4-8(9)6-10(11)12/h2-5H,6-7H2,1H3. The number of hydrogen-bond acceptors (Lipinski definition) is 1. The zero-order valence-electron chi connectivity index (χ0n) is 7.08. The average Bonchev–Trinajstić information content (AvgIpc) is 2.07. The van der Waals surface area contributed by atoms with Crippen LogP contribution in [-0.4, -0.2) is 17.9 Å². The average molecular weight is 161 g/mol. The first-order valence-corrected chi connectivity index (χ1v) is 4.08. The Morgan fingerprint density at radius 3 is 2.67 bits per heavy atom. The van der Waals surface area contributed by atoms with Crippen LogP contribution in [0.4, 0.5) is 0 Å². The third kappa shape index (κ3) is 1.09. The van der Waals surface area contributed by atoms with E-state index in [1.807, 2.05) is 25.2 Å².